The molecule has 0 fully saturated rings. The number of aliphatic imine (C=N–C) groups is 1. The van der Waals surface area contributed by atoms with Crippen molar-refractivity contribution >= 4 is 21.5 Å². The zero-order chi connectivity index (χ0) is 20.7. The predicted molar refractivity (Wildman–Crippen MR) is 109 cm³/mol. The smallest absolute Gasteiger partial charge is 0.269 e. The molecular weight excluding hydrogens is 380 g/mol. The molecule has 2 rings (SSSR count). The summed E-state index contributed by atoms with van der Waals surface area (Å²) in [7, 11) is -3.24. The topological polar surface area (TPSA) is 114 Å². The summed E-state index contributed by atoms with van der Waals surface area (Å²) in [6.07, 6.45) is 1.19. The van der Waals surface area contributed by atoms with Crippen molar-refractivity contribution in [2.75, 3.05) is 12.8 Å². The van der Waals surface area contributed by atoms with Crippen LogP contribution in [-0.4, -0.2) is 32.1 Å². The van der Waals surface area contributed by atoms with Crippen LogP contribution < -0.4 is 10.6 Å². The summed E-state index contributed by atoms with van der Waals surface area (Å²) in [5.41, 5.74) is 2.39. The van der Waals surface area contributed by atoms with E-state index < -0.39 is 14.8 Å². The lowest BCUT2D eigenvalue weighted by Gasteiger charge is -2.12. The number of guanidine groups is 1. The fourth-order valence-corrected chi connectivity index (χ4v) is 3.66. The largest absolute Gasteiger partial charge is 0.357 e. The van der Waals surface area contributed by atoms with Crippen molar-refractivity contribution < 1.29 is 13.3 Å². The van der Waals surface area contributed by atoms with Gasteiger partial charge in [-0.3, -0.25) is 10.1 Å². The molecule has 8 nitrogen and oxygen atoms in total. The molecule has 0 bridgehead atoms. The first kappa shape index (κ1) is 21.4. The van der Waals surface area contributed by atoms with E-state index in [1.807, 2.05) is 13.0 Å². The quantitative estimate of drug-likeness (QED) is 0.317. The van der Waals surface area contributed by atoms with E-state index in [1.54, 1.807) is 31.2 Å². The average molecular weight is 404 g/mol. The Bertz CT molecular complexity index is 987. The average Bonchev–Trinajstić information content (AvgIpc) is 2.63. The second-order valence-electron chi connectivity index (χ2n) is 6.35. The van der Waals surface area contributed by atoms with Gasteiger partial charge in [-0.25, -0.2) is 13.4 Å². The summed E-state index contributed by atoms with van der Waals surface area (Å²) in [6, 6.07) is 11.6. The van der Waals surface area contributed by atoms with Crippen LogP contribution in [0.3, 0.4) is 0 Å². The van der Waals surface area contributed by atoms with Gasteiger partial charge in [-0.15, -0.1) is 0 Å². The first-order valence-corrected chi connectivity index (χ1v) is 10.6. The summed E-state index contributed by atoms with van der Waals surface area (Å²) in [5, 5.41) is 17.2. The Morgan fingerprint density at radius 3 is 2.50 bits per heavy atom. The summed E-state index contributed by atoms with van der Waals surface area (Å²) < 4.78 is 23.4. The van der Waals surface area contributed by atoms with E-state index in [0.717, 1.165) is 11.1 Å². The normalized spacial score (nSPS) is 11.9. The van der Waals surface area contributed by atoms with E-state index >= 15 is 0 Å². The van der Waals surface area contributed by atoms with E-state index in [1.165, 1.54) is 18.4 Å². The van der Waals surface area contributed by atoms with Crippen LogP contribution >= 0.6 is 0 Å². The number of hydrogen-bond donors (Lipinski definition) is 2. The van der Waals surface area contributed by atoms with Crippen molar-refractivity contribution in [1.29, 1.82) is 0 Å². The highest BCUT2D eigenvalue weighted by molar-refractivity contribution is 7.90. The minimum absolute atomic E-state index is 0.0344. The second kappa shape index (κ2) is 9.32. The molecule has 0 atom stereocenters. The van der Waals surface area contributed by atoms with Crippen LogP contribution in [0.5, 0.6) is 0 Å². The summed E-state index contributed by atoms with van der Waals surface area (Å²) in [4.78, 5) is 15.2. The number of sulfone groups is 1. The van der Waals surface area contributed by atoms with Gasteiger partial charge >= 0.3 is 0 Å². The standard InChI is InChI=1S/C19H24N4O4S/c1-4-20-19(21-12-15-6-5-7-17(11-15)23(24)25)22-13-16-8-9-18(14(2)10-16)28(3,26)27/h5-11H,4,12-13H2,1-3H3,(H2,20,21,22). The third-order valence-corrected chi connectivity index (χ3v) is 5.24. The number of nitro groups is 1. The van der Waals surface area contributed by atoms with E-state index in [4.69, 9.17) is 0 Å². The zero-order valence-electron chi connectivity index (χ0n) is 16.1. The van der Waals surface area contributed by atoms with Crippen LogP contribution in [-0.2, 0) is 22.9 Å². The third-order valence-electron chi connectivity index (χ3n) is 3.98. The lowest BCUT2D eigenvalue weighted by atomic mass is 10.1. The van der Waals surface area contributed by atoms with E-state index in [2.05, 4.69) is 15.6 Å². The van der Waals surface area contributed by atoms with Gasteiger partial charge in [-0.2, -0.15) is 0 Å². The SMILES string of the molecule is CCNC(=NCc1cccc([N+](=O)[O-])c1)NCc1ccc(S(C)(=O)=O)c(C)c1. The molecule has 2 N–H and O–H groups in total. The van der Waals surface area contributed by atoms with Crippen LogP contribution in [0.4, 0.5) is 5.69 Å². The molecule has 0 aliphatic rings. The molecule has 0 aromatic heterocycles. The lowest BCUT2D eigenvalue weighted by molar-refractivity contribution is -0.384. The fraction of sp³-hybridized carbons (Fsp3) is 0.316. The number of nitrogens with zero attached hydrogens (tertiary/aromatic N) is 2. The number of non-ortho nitro benzene ring substituents is 1. The summed E-state index contributed by atoms with van der Waals surface area (Å²) in [5.74, 6) is 0.568. The molecule has 0 aliphatic heterocycles. The van der Waals surface area contributed by atoms with Crippen molar-refractivity contribution in [3.63, 3.8) is 0 Å². The molecule has 0 saturated heterocycles. The van der Waals surface area contributed by atoms with E-state index in [0.29, 0.717) is 36.1 Å². The van der Waals surface area contributed by atoms with E-state index in [9.17, 15) is 18.5 Å². The van der Waals surface area contributed by atoms with Crippen LogP contribution in [0.1, 0.15) is 23.6 Å². The van der Waals surface area contributed by atoms with Gasteiger partial charge in [0.05, 0.1) is 16.4 Å². The molecule has 0 spiro atoms. The number of aryl methyl sites for hydroxylation is 1. The number of nitro benzene ring substituents is 1. The Kier molecular flexibility index (Phi) is 7.11. The maximum atomic E-state index is 11.7. The molecule has 0 aliphatic carbocycles. The first-order valence-electron chi connectivity index (χ1n) is 8.76. The summed E-state index contributed by atoms with van der Waals surface area (Å²) >= 11 is 0. The van der Waals surface area contributed by atoms with Crippen molar-refractivity contribution in [2.24, 2.45) is 4.99 Å². The van der Waals surface area contributed by atoms with Crippen molar-refractivity contribution in [2.45, 2.75) is 31.8 Å². The maximum absolute atomic E-state index is 11.7. The molecule has 150 valence electrons. The van der Waals surface area contributed by atoms with Gasteiger partial charge in [0, 0.05) is 31.5 Å². The fourth-order valence-electron chi connectivity index (χ4n) is 2.70. The molecule has 0 amide bonds. The number of benzene rings is 2. The Morgan fingerprint density at radius 1 is 1.14 bits per heavy atom. The van der Waals surface area contributed by atoms with Crippen LogP contribution in [0.15, 0.2) is 52.4 Å². The molecule has 2 aromatic rings. The minimum atomic E-state index is -3.24. The molecule has 0 radical (unpaired) electrons. The van der Waals surface area contributed by atoms with E-state index in [-0.39, 0.29) is 5.69 Å². The molecule has 0 heterocycles. The number of nitrogens with one attached hydrogen (secondary N) is 2. The highest BCUT2D eigenvalue weighted by Crippen LogP contribution is 2.17. The molecular formula is C19H24N4O4S. The first-order chi connectivity index (χ1) is 13.2. The zero-order valence-corrected chi connectivity index (χ0v) is 16.9. The monoisotopic (exact) mass is 404 g/mol. The van der Waals surface area contributed by atoms with Crippen molar-refractivity contribution in [1.82, 2.24) is 10.6 Å². The highest BCUT2D eigenvalue weighted by atomic mass is 32.2. The maximum Gasteiger partial charge on any atom is 0.269 e. The highest BCUT2D eigenvalue weighted by Gasteiger charge is 2.11. The van der Waals surface area contributed by atoms with Crippen molar-refractivity contribution in [3.8, 4) is 0 Å². The van der Waals surface area contributed by atoms with Gasteiger partial charge in [0.1, 0.15) is 0 Å². The van der Waals surface area contributed by atoms with Crippen LogP contribution in [0, 0.1) is 17.0 Å². The molecule has 2 aromatic carbocycles. The predicted octanol–water partition coefficient (Wildman–Crippen LogP) is 2.56. The number of hydrogen-bond acceptors (Lipinski definition) is 5. The van der Waals surface area contributed by atoms with Gasteiger partial charge in [-0.05, 0) is 36.6 Å². The molecule has 28 heavy (non-hydrogen) atoms. The summed E-state index contributed by atoms with van der Waals surface area (Å²) in [6.45, 7) is 5.12. The van der Waals surface area contributed by atoms with Gasteiger partial charge in [0.25, 0.3) is 5.69 Å². The third kappa shape index (κ3) is 6.05. The Balaban J connectivity index is 2.08. The minimum Gasteiger partial charge on any atom is -0.357 e. The number of rotatable bonds is 7. The molecule has 0 unspecified atom stereocenters. The van der Waals surface area contributed by atoms with Gasteiger partial charge in [-0.1, -0.05) is 24.3 Å². The molecule has 9 heteroatoms. The van der Waals surface area contributed by atoms with Crippen molar-refractivity contribution in [3.05, 3.63) is 69.3 Å². The Morgan fingerprint density at radius 2 is 1.89 bits per heavy atom. The Hall–Kier alpha value is -2.94. The second-order valence-corrected chi connectivity index (χ2v) is 8.33. The van der Waals surface area contributed by atoms with Gasteiger partial charge in [0.15, 0.2) is 15.8 Å². The van der Waals surface area contributed by atoms with Gasteiger partial charge < -0.3 is 10.6 Å². The van der Waals surface area contributed by atoms with Gasteiger partial charge in [0.2, 0.25) is 0 Å². The van der Waals surface area contributed by atoms with Crippen LogP contribution in [0.2, 0.25) is 0 Å². The lowest BCUT2D eigenvalue weighted by Crippen LogP contribution is -2.36. The molecule has 0 saturated carbocycles. The Labute approximate surface area is 164 Å². The van der Waals surface area contributed by atoms with Crippen LogP contribution in [0.25, 0.3) is 0 Å².